The van der Waals surface area contributed by atoms with Gasteiger partial charge in [-0.15, -0.1) is 0 Å². The minimum atomic E-state index is -0.266. The maximum absolute atomic E-state index is 13.6. The van der Waals surface area contributed by atoms with Crippen molar-refractivity contribution in [1.82, 2.24) is 20.1 Å². The smallest absolute Gasteiger partial charge is 0.242 e. The number of halogens is 1. The number of rotatable bonds is 3. The van der Waals surface area contributed by atoms with Gasteiger partial charge in [-0.3, -0.25) is 4.79 Å². The predicted molar refractivity (Wildman–Crippen MR) is 92.5 cm³/mol. The van der Waals surface area contributed by atoms with Crippen LogP contribution < -0.4 is 5.32 Å². The van der Waals surface area contributed by atoms with E-state index in [2.05, 4.69) is 15.4 Å². The molecule has 0 saturated heterocycles. The number of pyridine rings is 1. The van der Waals surface area contributed by atoms with Crippen LogP contribution in [-0.4, -0.2) is 20.7 Å². The molecule has 0 aliphatic heterocycles. The maximum Gasteiger partial charge on any atom is 0.242 e. The third-order valence-electron chi connectivity index (χ3n) is 4.74. The summed E-state index contributed by atoms with van der Waals surface area (Å²) in [7, 11) is 0. The maximum atomic E-state index is 13.6. The fourth-order valence-corrected chi connectivity index (χ4v) is 3.57. The normalized spacial score (nSPS) is 16.6. The largest absolute Gasteiger partial charge is 0.348 e. The average molecular weight is 338 g/mol. The van der Waals surface area contributed by atoms with Crippen LogP contribution >= 0.6 is 0 Å². The summed E-state index contributed by atoms with van der Waals surface area (Å²) in [5.74, 6) is -0.407. The highest BCUT2D eigenvalue weighted by Gasteiger charge is 2.23. The molecule has 128 valence electrons. The number of hydrogen-bond acceptors (Lipinski definition) is 3. The molecule has 0 bridgehead atoms. The summed E-state index contributed by atoms with van der Waals surface area (Å²) in [6, 6.07) is 8.48. The summed E-state index contributed by atoms with van der Waals surface area (Å²) in [6.45, 7) is 2.00. The van der Waals surface area contributed by atoms with Crippen molar-refractivity contribution in [3.8, 4) is 0 Å². The van der Waals surface area contributed by atoms with Gasteiger partial charge in [0.05, 0.1) is 11.7 Å². The summed E-state index contributed by atoms with van der Waals surface area (Å²) in [5.41, 5.74) is 3.55. The first kappa shape index (κ1) is 15.7. The van der Waals surface area contributed by atoms with Crippen LogP contribution in [0.1, 0.15) is 35.7 Å². The highest BCUT2D eigenvalue weighted by Crippen LogP contribution is 2.30. The first-order chi connectivity index (χ1) is 12.1. The van der Waals surface area contributed by atoms with Crippen molar-refractivity contribution < 1.29 is 9.18 Å². The van der Waals surface area contributed by atoms with Crippen LogP contribution in [0.4, 0.5) is 4.39 Å². The van der Waals surface area contributed by atoms with E-state index in [4.69, 9.17) is 0 Å². The lowest BCUT2D eigenvalue weighted by molar-refractivity contribution is -0.122. The standard InChI is InChI=1S/C19H19FN4O/c1-12-15-5-3-9-21-19(15)24(23-12)11-18(25)22-17-6-2-4-13-7-8-14(20)10-16(13)17/h3,5,7-10,17H,2,4,6,11H2,1H3,(H,22,25)/t17-/m0/s1. The molecule has 1 aliphatic rings. The third-order valence-corrected chi connectivity index (χ3v) is 4.74. The lowest BCUT2D eigenvalue weighted by Crippen LogP contribution is -2.33. The number of carbonyl (C=O) groups is 1. The van der Waals surface area contributed by atoms with E-state index in [1.165, 1.54) is 12.1 Å². The van der Waals surface area contributed by atoms with Crippen molar-refractivity contribution in [2.24, 2.45) is 0 Å². The van der Waals surface area contributed by atoms with Gasteiger partial charge in [0.15, 0.2) is 5.65 Å². The molecule has 5 nitrogen and oxygen atoms in total. The zero-order valence-electron chi connectivity index (χ0n) is 14.0. The van der Waals surface area contributed by atoms with Gasteiger partial charge in [0.25, 0.3) is 0 Å². The summed E-state index contributed by atoms with van der Waals surface area (Å²) < 4.78 is 15.2. The monoisotopic (exact) mass is 338 g/mol. The number of aromatic nitrogens is 3. The van der Waals surface area contributed by atoms with Gasteiger partial charge >= 0.3 is 0 Å². The van der Waals surface area contributed by atoms with Gasteiger partial charge < -0.3 is 5.32 Å². The van der Waals surface area contributed by atoms with E-state index in [-0.39, 0.29) is 24.3 Å². The fourth-order valence-electron chi connectivity index (χ4n) is 3.57. The van der Waals surface area contributed by atoms with Crippen LogP contribution in [0, 0.1) is 12.7 Å². The van der Waals surface area contributed by atoms with Gasteiger partial charge in [0.2, 0.25) is 5.91 Å². The number of carbonyl (C=O) groups excluding carboxylic acids is 1. The van der Waals surface area contributed by atoms with Gasteiger partial charge in [-0.2, -0.15) is 5.10 Å². The molecule has 1 aromatic carbocycles. The Labute approximate surface area is 144 Å². The minimum absolute atomic E-state index is 0.0997. The quantitative estimate of drug-likeness (QED) is 0.798. The molecular formula is C19H19FN4O. The number of nitrogens with one attached hydrogen (secondary N) is 1. The van der Waals surface area contributed by atoms with Crippen LogP contribution in [-0.2, 0) is 17.8 Å². The number of nitrogens with zero attached hydrogens (tertiary/aromatic N) is 3. The minimum Gasteiger partial charge on any atom is -0.348 e. The first-order valence-electron chi connectivity index (χ1n) is 8.47. The second-order valence-electron chi connectivity index (χ2n) is 6.47. The van der Waals surface area contributed by atoms with Crippen LogP contribution in [0.5, 0.6) is 0 Å². The first-order valence-corrected chi connectivity index (χ1v) is 8.47. The average Bonchev–Trinajstić information content (AvgIpc) is 2.92. The Hall–Kier alpha value is -2.76. The van der Waals surface area contributed by atoms with Crippen molar-refractivity contribution >= 4 is 16.9 Å². The Kier molecular flexibility index (Phi) is 3.95. The van der Waals surface area contributed by atoms with Gasteiger partial charge in [0, 0.05) is 11.6 Å². The van der Waals surface area contributed by atoms with E-state index in [1.54, 1.807) is 10.9 Å². The lowest BCUT2D eigenvalue weighted by Gasteiger charge is -2.26. The van der Waals surface area contributed by atoms with Crippen LogP contribution in [0.25, 0.3) is 11.0 Å². The fraction of sp³-hybridized carbons (Fsp3) is 0.316. The molecule has 1 atom stereocenters. The molecule has 0 saturated carbocycles. The zero-order chi connectivity index (χ0) is 17.4. The Morgan fingerprint density at radius 3 is 3.16 bits per heavy atom. The molecule has 0 fully saturated rings. The SMILES string of the molecule is Cc1nn(CC(=O)N[C@H]2CCCc3ccc(F)cc32)c2ncccc12. The van der Waals surface area contributed by atoms with Crippen LogP contribution in [0.2, 0.25) is 0 Å². The molecular weight excluding hydrogens is 319 g/mol. The highest BCUT2D eigenvalue weighted by molar-refractivity contribution is 5.81. The summed E-state index contributed by atoms with van der Waals surface area (Å²) >= 11 is 0. The number of aryl methyl sites for hydroxylation is 2. The molecule has 6 heteroatoms. The molecule has 0 unspecified atom stereocenters. The number of benzene rings is 1. The molecule has 1 N–H and O–H groups in total. The summed E-state index contributed by atoms with van der Waals surface area (Å²) in [5, 5.41) is 8.39. The van der Waals surface area contributed by atoms with E-state index in [0.717, 1.165) is 41.5 Å². The number of hydrogen-bond donors (Lipinski definition) is 1. The highest BCUT2D eigenvalue weighted by atomic mass is 19.1. The van der Waals surface area contributed by atoms with Crippen molar-refractivity contribution in [2.75, 3.05) is 0 Å². The Bertz CT molecular complexity index is 950. The van der Waals surface area contributed by atoms with E-state index < -0.39 is 0 Å². The molecule has 2 heterocycles. The molecule has 0 spiro atoms. The molecule has 25 heavy (non-hydrogen) atoms. The van der Waals surface area contributed by atoms with Crippen molar-refractivity contribution in [3.63, 3.8) is 0 Å². The van der Waals surface area contributed by atoms with E-state index >= 15 is 0 Å². The van der Waals surface area contributed by atoms with E-state index in [0.29, 0.717) is 5.65 Å². The number of amides is 1. The topological polar surface area (TPSA) is 59.8 Å². The van der Waals surface area contributed by atoms with E-state index in [9.17, 15) is 9.18 Å². The Balaban J connectivity index is 1.54. The summed E-state index contributed by atoms with van der Waals surface area (Å²) in [4.78, 5) is 16.9. The van der Waals surface area contributed by atoms with Gasteiger partial charge in [0.1, 0.15) is 12.4 Å². The molecule has 4 rings (SSSR count). The molecule has 1 aliphatic carbocycles. The van der Waals surface area contributed by atoms with Gasteiger partial charge in [-0.1, -0.05) is 6.07 Å². The second kappa shape index (κ2) is 6.27. The predicted octanol–water partition coefficient (Wildman–Crippen LogP) is 3.07. The molecule has 1 amide bonds. The molecule has 0 radical (unpaired) electrons. The third kappa shape index (κ3) is 2.99. The zero-order valence-corrected chi connectivity index (χ0v) is 14.0. The lowest BCUT2D eigenvalue weighted by atomic mass is 9.87. The van der Waals surface area contributed by atoms with E-state index in [1.807, 2.05) is 25.1 Å². The Morgan fingerprint density at radius 2 is 2.28 bits per heavy atom. The van der Waals surface area contributed by atoms with Crippen LogP contribution in [0.15, 0.2) is 36.5 Å². The summed E-state index contributed by atoms with van der Waals surface area (Å²) in [6.07, 6.45) is 4.42. The second-order valence-corrected chi connectivity index (χ2v) is 6.47. The molecule has 2 aromatic heterocycles. The van der Waals surface area contributed by atoms with Crippen LogP contribution in [0.3, 0.4) is 0 Å². The van der Waals surface area contributed by atoms with Crippen molar-refractivity contribution in [2.45, 2.75) is 38.8 Å². The van der Waals surface area contributed by atoms with Gasteiger partial charge in [-0.05, 0) is 61.6 Å². The number of fused-ring (bicyclic) bond motifs is 2. The molecule has 3 aromatic rings. The van der Waals surface area contributed by atoms with Crippen molar-refractivity contribution in [1.29, 1.82) is 0 Å². The van der Waals surface area contributed by atoms with Crippen molar-refractivity contribution in [3.05, 3.63) is 59.2 Å². The van der Waals surface area contributed by atoms with Gasteiger partial charge in [-0.25, -0.2) is 14.1 Å². The Morgan fingerprint density at radius 1 is 1.40 bits per heavy atom.